The summed E-state index contributed by atoms with van der Waals surface area (Å²) in [4.78, 5) is 25.3. The van der Waals surface area contributed by atoms with Gasteiger partial charge >= 0.3 is 0 Å². The van der Waals surface area contributed by atoms with E-state index in [1.54, 1.807) is 0 Å². The highest BCUT2D eigenvalue weighted by Gasteiger charge is 2.42. The van der Waals surface area contributed by atoms with Gasteiger partial charge < -0.3 is 20.4 Å². The predicted octanol–water partition coefficient (Wildman–Crippen LogP) is 0.561. The third-order valence-corrected chi connectivity index (χ3v) is 4.95. The molecular formula is C16H28N2O4. The van der Waals surface area contributed by atoms with Crippen molar-refractivity contribution in [2.24, 2.45) is 0 Å². The average Bonchev–Trinajstić information content (AvgIpc) is 2.70. The van der Waals surface area contributed by atoms with Crippen molar-refractivity contribution in [1.29, 1.82) is 0 Å². The number of hydrogen-bond acceptors (Lipinski definition) is 4. The molecule has 6 nitrogen and oxygen atoms in total. The van der Waals surface area contributed by atoms with Gasteiger partial charge in [0.25, 0.3) is 5.91 Å². The Morgan fingerprint density at radius 2 is 1.68 bits per heavy atom. The van der Waals surface area contributed by atoms with Gasteiger partial charge in [0.05, 0.1) is 12.1 Å². The van der Waals surface area contributed by atoms with E-state index in [0.29, 0.717) is 32.2 Å². The SMILES string of the molecule is CC(=O)N1CCC[C@](O)(C(=O)NCC2(O)CCCCCC2)C1. The number of nitrogens with one attached hydrogen (secondary N) is 1. The third-order valence-electron chi connectivity index (χ3n) is 4.95. The normalized spacial score (nSPS) is 28.8. The molecular weight excluding hydrogens is 284 g/mol. The second kappa shape index (κ2) is 6.96. The Hall–Kier alpha value is -1.14. The zero-order valence-electron chi connectivity index (χ0n) is 13.4. The van der Waals surface area contributed by atoms with Gasteiger partial charge in [0, 0.05) is 20.0 Å². The minimum Gasteiger partial charge on any atom is -0.388 e. The van der Waals surface area contributed by atoms with Crippen LogP contribution in [0.2, 0.25) is 0 Å². The molecule has 0 unspecified atom stereocenters. The number of hydrogen-bond donors (Lipinski definition) is 3. The van der Waals surface area contributed by atoms with Crippen LogP contribution in [0.15, 0.2) is 0 Å². The number of nitrogens with zero attached hydrogens (tertiary/aromatic N) is 1. The standard InChI is InChI=1S/C16H28N2O4/c1-13(19)18-10-6-9-16(22,12-18)14(20)17-11-15(21)7-4-2-3-5-8-15/h21-22H,2-12H2,1H3,(H,17,20)/t16-/m1/s1. The first-order chi connectivity index (χ1) is 10.3. The van der Waals surface area contributed by atoms with Crippen molar-refractivity contribution in [2.75, 3.05) is 19.6 Å². The number of likely N-dealkylation sites (tertiary alicyclic amines) is 1. The molecule has 0 spiro atoms. The Morgan fingerprint density at radius 3 is 2.27 bits per heavy atom. The Labute approximate surface area is 131 Å². The number of carbonyl (C=O) groups is 2. The van der Waals surface area contributed by atoms with E-state index in [0.717, 1.165) is 25.7 Å². The van der Waals surface area contributed by atoms with Crippen LogP contribution in [0.5, 0.6) is 0 Å². The molecule has 0 bridgehead atoms. The number of carbonyl (C=O) groups excluding carboxylic acids is 2. The smallest absolute Gasteiger partial charge is 0.253 e. The lowest BCUT2D eigenvalue weighted by Crippen LogP contribution is -2.59. The molecule has 2 aliphatic rings. The lowest BCUT2D eigenvalue weighted by molar-refractivity contribution is -0.151. The van der Waals surface area contributed by atoms with Crippen LogP contribution in [-0.4, -0.2) is 57.8 Å². The molecule has 0 aromatic rings. The van der Waals surface area contributed by atoms with E-state index in [-0.39, 0.29) is 19.0 Å². The first kappa shape index (κ1) is 17.2. The average molecular weight is 312 g/mol. The molecule has 1 aliphatic heterocycles. The molecule has 22 heavy (non-hydrogen) atoms. The summed E-state index contributed by atoms with van der Waals surface area (Å²) in [7, 11) is 0. The summed E-state index contributed by atoms with van der Waals surface area (Å²) < 4.78 is 0. The van der Waals surface area contributed by atoms with E-state index in [1.807, 2.05) is 0 Å². The fraction of sp³-hybridized carbons (Fsp3) is 0.875. The van der Waals surface area contributed by atoms with E-state index in [4.69, 9.17) is 0 Å². The molecule has 3 N–H and O–H groups in total. The van der Waals surface area contributed by atoms with E-state index in [1.165, 1.54) is 11.8 Å². The fourth-order valence-corrected chi connectivity index (χ4v) is 3.46. The predicted molar refractivity (Wildman–Crippen MR) is 82.1 cm³/mol. The van der Waals surface area contributed by atoms with E-state index in [9.17, 15) is 19.8 Å². The maximum absolute atomic E-state index is 12.3. The van der Waals surface area contributed by atoms with Crippen LogP contribution in [0, 0.1) is 0 Å². The number of aliphatic hydroxyl groups is 2. The van der Waals surface area contributed by atoms with Crippen LogP contribution >= 0.6 is 0 Å². The first-order valence-corrected chi connectivity index (χ1v) is 8.33. The van der Waals surface area contributed by atoms with Gasteiger partial charge in [-0.3, -0.25) is 9.59 Å². The Bertz CT molecular complexity index is 418. The Balaban J connectivity index is 1.91. The van der Waals surface area contributed by atoms with Crippen LogP contribution in [0.1, 0.15) is 58.3 Å². The maximum atomic E-state index is 12.3. The highest BCUT2D eigenvalue weighted by molar-refractivity contribution is 5.86. The fourth-order valence-electron chi connectivity index (χ4n) is 3.46. The maximum Gasteiger partial charge on any atom is 0.253 e. The summed E-state index contributed by atoms with van der Waals surface area (Å²) in [5.41, 5.74) is -2.40. The van der Waals surface area contributed by atoms with Gasteiger partial charge in [-0.15, -0.1) is 0 Å². The molecule has 1 saturated heterocycles. The summed E-state index contributed by atoms with van der Waals surface area (Å²) >= 11 is 0. The molecule has 2 rings (SSSR count). The molecule has 0 aromatic carbocycles. The number of amides is 2. The van der Waals surface area contributed by atoms with Crippen molar-refractivity contribution in [3.8, 4) is 0 Å². The number of rotatable bonds is 3. The van der Waals surface area contributed by atoms with Crippen LogP contribution in [0.3, 0.4) is 0 Å². The quantitative estimate of drug-likeness (QED) is 0.664. The zero-order valence-corrected chi connectivity index (χ0v) is 13.4. The van der Waals surface area contributed by atoms with Gasteiger partial charge in [-0.1, -0.05) is 25.7 Å². The number of β-amino-alcohol motifs (C(OH)–C–C–N with tert-alkyl or cyclic N) is 1. The van der Waals surface area contributed by atoms with Crippen LogP contribution in [0.25, 0.3) is 0 Å². The van der Waals surface area contributed by atoms with Crippen LogP contribution < -0.4 is 5.32 Å². The van der Waals surface area contributed by atoms with Gasteiger partial charge in [-0.25, -0.2) is 0 Å². The Kier molecular flexibility index (Phi) is 5.45. The summed E-state index contributed by atoms with van der Waals surface area (Å²) in [6.07, 6.45) is 6.50. The molecule has 6 heteroatoms. The molecule has 0 radical (unpaired) electrons. The first-order valence-electron chi connectivity index (χ1n) is 8.33. The summed E-state index contributed by atoms with van der Waals surface area (Å²) in [5, 5.41) is 23.8. The van der Waals surface area contributed by atoms with Gasteiger partial charge in [-0.05, 0) is 25.7 Å². The lowest BCUT2D eigenvalue weighted by atomic mass is 9.90. The van der Waals surface area contributed by atoms with Crippen molar-refractivity contribution >= 4 is 11.8 Å². The molecule has 2 fully saturated rings. The molecule has 0 aromatic heterocycles. The molecule has 1 aliphatic carbocycles. The van der Waals surface area contributed by atoms with Gasteiger partial charge in [0.2, 0.25) is 5.91 Å². The van der Waals surface area contributed by atoms with Crippen molar-refractivity contribution < 1.29 is 19.8 Å². The minimum absolute atomic E-state index is 0.0343. The Morgan fingerprint density at radius 1 is 1.05 bits per heavy atom. The van der Waals surface area contributed by atoms with E-state index < -0.39 is 17.1 Å². The van der Waals surface area contributed by atoms with Crippen molar-refractivity contribution in [1.82, 2.24) is 10.2 Å². The third kappa shape index (κ3) is 4.20. The molecule has 2 amide bonds. The topological polar surface area (TPSA) is 89.9 Å². The second-order valence-electron chi connectivity index (χ2n) is 6.90. The van der Waals surface area contributed by atoms with Gasteiger partial charge in [0.15, 0.2) is 5.60 Å². The minimum atomic E-state index is -1.54. The largest absolute Gasteiger partial charge is 0.388 e. The van der Waals surface area contributed by atoms with Crippen molar-refractivity contribution in [2.45, 2.75) is 69.5 Å². The highest BCUT2D eigenvalue weighted by Crippen LogP contribution is 2.27. The zero-order chi connectivity index (χ0) is 16.2. The van der Waals surface area contributed by atoms with E-state index >= 15 is 0 Å². The molecule has 1 atom stereocenters. The summed E-state index contributed by atoms with van der Waals surface area (Å²) in [6, 6.07) is 0. The van der Waals surface area contributed by atoms with E-state index in [2.05, 4.69) is 5.32 Å². The van der Waals surface area contributed by atoms with Gasteiger partial charge in [0.1, 0.15) is 0 Å². The molecule has 126 valence electrons. The lowest BCUT2D eigenvalue weighted by Gasteiger charge is -2.38. The van der Waals surface area contributed by atoms with Crippen molar-refractivity contribution in [3.05, 3.63) is 0 Å². The van der Waals surface area contributed by atoms with Gasteiger partial charge in [-0.2, -0.15) is 0 Å². The number of piperidine rings is 1. The molecule has 1 saturated carbocycles. The summed E-state index contributed by atoms with van der Waals surface area (Å²) in [6.45, 7) is 2.23. The van der Waals surface area contributed by atoms with Crippen molar-refractivity contribution in [3.63, 3.8) is 0 Å². The monoisotopic (exact) mass is 312 g/mol. The van der Waals surface area contributed by atoms with Crippen LogP contribution in [-0.2, 0) is 9.59 Å². The second-order valence-corrected chi connectivity index (χ2v) is 6.90. The van der Waals surface area contributed by atoms with Crippen LogP contribution in [0.4, 0.5) is 0 Å². The highest BCUT2D eigenvalue weighted by atomic mass is 16.3. The summed E-state index contributed by atoms with van der Waals surface area (Å²) in [5.74, 6) is -0.607. The molecule has 1 heterocycles.